The van der Waals surface area contributed by atoms with Crippen LogP contribution in [0, 0.1) is 0 Å². The number of hydrogen-bond acceptors (Lipinski definition) is 5. The Bertz CT molecular complexity index is 870. The molecule has 5 nitrogen and oxygen atoms in total. The Morgan fingerprint density at radius 3 is 2.32 bits per heavy atom. The standard InChI is InChI=1S/C18H14Cl2N4O/c1-25-14-9-7-13(8-10-14)17(12-5-3-2-4-6-12)23-22-15-11-21-24-18(20)16(15)19/h2-11,17H,1H3. The van der Waals surface area contributed by atoms with E-state index in [0.29, 0.717) is 5.69 Å². The predicted octanol–water partition coefficient (Wildman–Crippen LogP) is 5.67. The van der Waals surface area contributed by atoms with Crippen LogP contribution >= 0.6 is 23.2 Å². The van der Waals surface area contributed by atoms with Gasteiger partial charge in [-0.25, -0.2) is 0 Å². The van der Waals surface area contributed by atoms with Gasteiger partial charge < -0.3 is 4.74 Å². The van der Waals surface area contributed by atoms with E-state index in [2.05, 4.69) is 20.4 Å². The molecule has 0 aliphatic carbocycles. The molecule has 0 amide bonds. The fourth-order valence-electron chi connectivity index (χ4n) is 2.28. The van der Waals surface area contributed by atoms with Gasteiger partial charge in [0, 0.05) is 0 Å². The van der Waals surface area contributed by atoms with E-state index in [4.69, 9.17) is 27.9 Å². The minimum Gasteiger partial charge on any atom is -0.497 e. The van der Waals surface area contributed by atoms with Crippen molar-refractivity contribution < 1.29 is 4.74 Å². The second-order valence-electron chi connectivity index (χ2n) is 5.14. The molecule has 1 heterocycles. The van der Waals surface area contributed by atoms with Crippen molar-refractivity contribution in [2.75, 3.05) is 7.11 Å². The monoisotopic (exact) mass is 372 g/mol. The summed E-state index contributed by atoms with van der Waals surface area (Å²) in [5.41, 5.74) is 2.34. The van der Waals surface area contributed by atoms with E-state index in [1.807, 2.05) is 54.6 Å². The van der Waals surface area contributed by atoms with Crippen LogP contribution < -0.4 is 4.74 Å². The smallest absolute Gasteiger partial charge is 0.172 e. The molecular formula is C18H14Cl2N4O. The molecule has 0 N–H and O–H groups in total. The van der Waals surface area contributed by atoms with E-state index in [1.54, 1.807) is 7.11 Å². The predicted molar refractivity (Wildman–Crippen MR) is 97.8 cm³/mol. The van der Waals surface area contributed by atoms with Gasteiger partial charge in [0.05, 0.1) is 13.3 Å². The highest BCUT2D eigenvalue weighted by Gasteiger charge is 2.14. The number of benzene rings is 2. The average molecular weight is 373 g/mol. The number of rotatable bonds is 5. The lowest BCUT2D eigenvalue weighted by atomic mass is 9.99. The molecule has 2 aromatic carbocycles. The number of methoxy groups -OCH3 is 1. The van der Waals surface area contributed by atoms with E-state index in [0.717, 1.165) is 16.9 Å². The maximum atomic E-state index is 6.10. The van der Waals surface area contributed by atoms with Crippen LogP contribution in [0.3, 0.4) is 0 Å². The van der Waals surface area contributed by atoms with Gasteiger partial charge in [-0.05, 0) is 23.3 Å². The van der Waals surface area contributed by atoms with Crippen molar-refractivity contribution >= 4 is 28.9 Å². The first-order valence-corrected chi connectivity index (χ1v) is 8.21. The summed E-state index contributed by atoms with van der Waals surface area (Å²) in [6, 6.07) is 17.2. The number of nitrogens with zero attached hydrogens (tertiary/aromatic N) is 4. The molecule has 0 fully saturated rings. The van der Waals surface area contributed by atoms with E-state index >= 15 is 0 Å². The molecule has 1 unspecified atom stereocenters. The van der Waals surface area contributed by atoms with Crippen molar-refractivity contribution in [2.45, 2.75) is 6.04 Å². The Morgan fingerprint density at radius 2 is 1.64 bits per heavy atom. The summed E-state index contributed by atoms with van der Waals surface area (Å²) >= 11 is 12.0. The molecule has 0 saturated carbocycles. The molecule has 0 aliphatic rings. The first-order valence-electron chi connectivity index (χ1n) is 7.45. The van der Waals surface area contributed by atoms with Crippen LogP contribution in [0.2, 0.25) is 10.2 Å². The zero-order chi connectivity index (χ0) is 17.6. The summed E-state index contributed by atoms with van der Waals surface area (Å²) in [7, 11) is 1.63. The fraction of sp³-hybridized carbons (Fsp3) is 0.111. The van der Waals surface area contributed by atoms with Crippen molar-refractivity contribution in [3.05, 3.63) is 82.1 Å². The first kappa shape index (κ1) is 17.3. The van der Waals surface area contributed by atoms with Crippen molar-refractivity contribution in [1.82, 2.24) is 10.2 Å². The summed E-state index contributed by atoms with van der Waals surface area (Å²) < 4.78 is 5.21. The molecule has 0 aliphatic heterocycles. The number of halogens is 2. The zero-order valence-electron chi connectivity index (χ0n) is 13.3. The van der Waals surface area contributed by atoms with Crippen molar-refractivity contribution in [3.8, 4) is 5.75 Å². The van der Waals surface area contributed by atoms with Gasteiger partial charge >= 0.3 is 0 Å². The first-order chi connectivity index (χ1) is 12.2. The van der Waals surface area contributed by atoms with E-state index in [9.17, 15) is 0 Å². The van der Waals surface area contributed by atoms with Gasteiger partial charge in [0.2, 0.25) is 0 Å². The molecule has 0 saturated heterocycles. The van der Waals surface area contributed by atoms with Gasteiger partial charge in [0.1, 0.15) is 22.5 Å². The lowest BCUT2D eigenvalue weighted by Gasteiger charge is -2.13. The minimum atomic E-state index is -0.296. The molecule has 1 aromatic heterocycles. The van der Waals surface area contributed by atoms with Crippen LogP contribution in [-0.4, -0.2) is 17.3 Å². The van der Waals surface area contributed by atoms with Crippen molar-refractivity contribution in [2.24, 2.45) is 10.2 Å². The average Bonchev–Trinajstić information content (AvgIpc) is 2.66. The highest BCUT2D eigenvalue weighted by atomic mass is 35.5. The number of azo groups is 1. The summed E-state index contributed by atoms with van der Waals surface area (Å²) in [5.74, 6) is 0.778. The molecule has 0 radical (unpaired) electrons. The van der Waals surface area contributed by atoms with Crippen molar-refractivity contribution in [1.29, 1.82) is 0 Å². The highest BCUT2D eigenvalue weighted by Crippen LogP contribution is 2.33. The van der Waals surface area contributed by atoms with Gasteiger partial charge in [-0.1, -0.05) is 65.7 Å². The quantitative estimate of drug-likeness (QED) is 0.542. The Kier molecular flexibility index (Phi) is 5.58. The third kappa shape index (κ3) is 4.13. The summed E-state index contributed by atoms with van der Waals surface area (Å²) in [5, 5.41) is 16.4. The maximum absolute atomic E-state index is 6.10. The third-order valence-electron chi connectivity index (χ3n) is 3.56. The summed E-state index contributed by atoms with van der Waals surface area (Å²) in [4.78, 5) is 0. The molecule has 3 aromatic rings. The van der Waals surface area contributed by atoms with E-state index in [-0.39, 0.29) is 16.2 Å². The van der Waals surface area contributed by atoms with Gasteiger partial charge in [0.25, 0.3) is 0 Å². The Hall–Kier alpha value is -2.50. The molecule has 25 heavy (non-hydrogen) atoms. The fourth-order valence-corrected chi connectivity index (χ4v) is 2.54. The van der Waals surface area contributed by atoms with E-state index < -0.39 is 0 Å². The maximum Gasteiger partial charge on any atom is 0.172 e. The molecule has 7 heteroatoms. The zero-order valence-corrected chi connectivity index (χ0v) is 14.8. The number of hydrogen-bond donors (Lipinski definition) is 0. The van der Waals surface area contributed by atoms with Crippen LogP contribution in [0.15, 0.2) is 71.0 Å². The van der Waals surface area contributed by atoms with Crippen LogP contribution in [0.1, 0.15) is 17.2 Å². The van der Waals surface area contributed by atoms with Gasteiger partial charge in [-0.2, -0.15) is 15.3 Å². The Morgan fingerprint density at radius 1 is 0.960 bits per heavy atom. The van der Waals surface area contributed by atoms with Gasteiger partial charge in [0.15, 0.2) is 5.15 Å². The van der Waals surface area contributed by atoms with Gasteiger partial charge in [-0.15, -0.1) is 5.10 Å². The second-order valence-corrected chi connectivity index (χ2v) is 5.87. The van der Waals surface area contributed by atoms with E-state index in [1.165, 1.54) is 6.20 Å². The Labute approximate surface area is 155 Å². The van der Waals surface area contributed by atoms with Crippen LogP contribution in [-0.2, 0) is 0 Å². The van der Waals surface area contributed by atoms with Crippen LogP contribution in [0.25, 0.3) is 0 Å². The SMILES string of the molecule is COc1ccc(C(N=Nc2cnnc(Cl)c2Cl)c2ccccc2)cc1. The molecule has 3 rings (SSSR count). The molecule has 0 bridgehead atoms. The van der Waals surface area contributed by atoms with Crippen LogP contribution in [0.5, 0.6) is 5.75 Å². The minimum absolute atomic E-state index is 0.0961. The second kappa shape index (κ2) is 8.05. The summed E-state index contributed by atoms with van der Waals surface area (Å²) in [6.07, 6.45) is 1.42. The van der Waals surface area contributed by atoms with Crippen LogP contribution in [0.4, 0.5) is 5.69 Å². The van der Waals surface area contributed by atoms with Crippen molar-refractivity contribution in [3.63, 3.8) is 0 Å². The summed E-state index contributed by atoms with van der Waals surface area (Å²) in [6.45, 7) is 0. The lowest BCUT2D eigenvalue weighted by Crippen LogP contribution is -1.97. The topological polar surface area (TPSA) is 59.7 Å². The molecule has 1 atom stereocenters. The largest absolute Gasteiger partial charge is 0.497 e. The Balaban J connectivity index is 1.99. The number of aromatic nitrogens is 2. The third-order valence-corrected chi connectivity index (χ3v) is 4.29. The molecule has 0 spiro atoms. The van der Waals surface area contributed by atoms with Gasteiger partial charge in [-0.3, -0.25) is 0 Å². The normalized spacial score (nSPS) is 12.3. The molecule has 126 valence electrons. The highest BCUT2D eigenvalue weighted by molar-refractivity contribution is 6.42. The lowest BCUT2D eigenvalue weighted by molar-refractivity contribution is 0.414. The molecular weight excluding hydrogens is 359 g/mol. The number of ether oxygens (including phenoxy) is 1.